The van der Waals surface area contributed by atoms with Gasteiger partial charge in [0.05, 0.1) is 19.2 Å². The molecule has 0 bridgehead atoms. The van der Waals surface area contributed by atoms with Crippen LogP contribution in [0.2, 0.25) is 0 Å². The van der Waals surface area contributed by atoms with Crippen LogP contribution in [-0.4, -0.2) is 53.8 Å². The molecule has 1 aromatic carbocycles. The fraction of sp³-hybridized carbons (Fsp3) is 0.550. The summed E-state index contributed by atoms with van der Waals surface area (Å²) < 4.78 is 30.1. The molecule has 2 heterocycles. The first-order valence-corrected chi connectivity index (χ1v) is 9.80. The monoisotopic (exact) mass is 533 g/mol. The topological polar surface area (TPSA) is 85.0 Å². The zero-order chi connectivity index (χ0) is 20.8. The molecular weight excluding hydrogens is 504 g/mol. The maximum atomic E-state index is 13.2. The molecule has 2 aromatic rings. The summed E-state index contributed by atoms with van der Waals surface area (Å²) in [6, 6.07) is 6.41. The molecular formula is C20H29FIN5O3. The molecule has 166 valence electrons. The molecule has 1 aliphatic heterocycles. The van der Waals surface area contributed by atoms with Crippen molar-refractivity contribution in [1.29, 1.82) is 0 Å². The van der Waals surface area contributed by atoms with Gasteiger partial charge in [-0.1, -0.05) is 17.3 Å². The van der Waals surface area contributed by atoms with E-state index in [4.69, 9.17) is 14.0 Å². The van der Waals surface area contributed by atoms with E-state index in [1.54, 1.807) is 19.2 Å². The average molecular weight is 533 g/mol. The van der Waals surface area contributed by atoms with Gasteiger partial charge in [0.15, 0.2) is 11.8 Å². The number of benzene rings is 1. The lowest BCUT2D eigenvalue weighted by Crippen LogP contribution is -2.50. The third-order valence-electron chi connectivity index (χ3n) is 4.68. The Morgan fingerprint density at radius 2 is 2.10 bits per heavy atom. The van der Waals surface area contributed by atoms with Gasteiger partial charge in [-0.3, -0.25) is 4.99 Å². The van der Waals surface area contributed by atoms with Crippen molar-refractivity contribution in [2.45, 2.75) is 45.6 Å². The minimum absolute atomic E-state index is 0. The molecule has 1 N–H and O–H groups in total. The van der Waals surface area contributed by atoms with Crippen molar-refractivity contribution in [2.75, 3.05) is 26.7 Å². The molecule has 3 rings (SSSR count). The lowest BCUT2D eigenvalue weighted by atomic mass is 10.1. The summed E-state index contributed by atoms with van der Waals surface area (Å²) >= 11 is 0. The van der Waals surface area contributed by atoms with E-state index >= 15 is 0 Å². The predicted molar refractivity (Wildman–Crippen MR) is 121 cm³/mol. The Morgan fingerprint density at radius 3 is 2.77 bits per heavy atom. The van der Waals surface area contributed by atoms with Gasteiger partial charge in [-0.05, 0) is 38.5 Å². The predicted octanol–water partition coefficient (Wildman–Crippen LogP) is 3.46. The highest BCUT2D eigenvalue weighted by Gasteiger charge is 2.28. The van der Waals surface area contributed by atoms with Gasteiger partial charge >= 0.3 is 0 Å². The van der Waals surface area contributed by atoms with Crippen molar-refractivity contribution in [1.82, 2.24) is 20.4 Å². The summed E-state index contributed by atoms with van der Waals surface area (Å²) in [4.78, 5) is 10.9. The quantitative estimate of drug-likeness (QED) is 0.346. The Hall–Kier alpha value is -1.79. The average Bonchev–Trinajstić information content (AvgIpc) is 3.18. The molecule has 0 radical (unpaired) electrons. The van der Waals surface area contributed by atoms with Gasteiger partial charge in [-0.25, -0.2) is 4.39 Å². The third kappa shape index (κ3) is 6.35. The van der Waals surface area contributed by atoms with Crippen molar-refractivity contribution >= 4 is 29.9 Å². The number of morpholine rings is 1. The molecule has 0 spiro atoms. The summed E-state index contributed by atoms with van der Waals surface area (Å²) in [6.07, 6.45) is -0.382. The van der Waals surface area contributed by atoms with E-state index in [0.717, 1.165) is 5.56 Å². The second-order valence-corrected chi connectivity index (χ2v) is 6.94. The van der Waals surface area contributed by atoms with Crippen LogP contribution in [0.4, 0.5) is 4.39 Å². The lowest BCUT2D eigenvalue weighted by Gasteiger charge is -2.38. The van der Waals surface area contributed by atoms with Gasteiger partial charge in [-0.15, -0.1) is 24.0 Å². The number of ether oxygens (including phenoxy) is 2. The molecule has 0 saturated carbocycles. The highest BCUT2D eigenvalue weighted by atomic mass is 127. The summed E-state index contributed by atoms with van der Waals surface area (Å²) in [5.41, 5.74) is 0.935. The minimum Gasteiger partial charge on any atom is -0.371 e. The first-order valence-electron chi connectivity index (χ1n) is 9.80. The van der Waals surface area contributed by atoms with Crippen LogP contribution in [0.5, 0.6) is 0 Å². The molecule has 1 aliphatic rings. The Labute approximate surface area is 193 Å². The maximum Gasteiger partial charge on any atom is 0.246 e. The number of halogens is 2. The summed E-state index contributed by atoms with van der Waals surface area (Å²) in [6.45, 7) is 8.04. The standard InChI is InChI=1S/C20H28FN5O3.HI/c1-5-27-14(3)19-24-18(29-25-19)10-23-20(22-4)26-11-13(2)28-17(12-26)15-6-8-16(21)9-7-15;/h6-9,13-14,17H,5,10-12H2,1-4H3,(H,22,23);1H. The van der Waals surface area contributed by atoms with E-state index in [0.29, 0.717) is 43.9 Å². The van der Waals surface area contributed by atoms with E-state index in [9.17, 15) is 4.39 Å². The first kappa shape index (κ1) is 24.5. The highest BCUT2D eigenvalue weighted by molar-refractivity contribution is 14.0. The van der Waals surface area contributed by atoms with Crippen molar-refractivity contribution in [3.8, 4) is 0 Å². The Morgan fingerprint density at radius 1 is 1.37 bits per heavy atom. The second kappa shape index (κ2) is 11.6. The van der Waals surface area contributed by atoms with Gasteiger partial charge in [0.1, 0.15) is 18.0 Å². The smallest absolute Gasteiger partial charge is 0.246 e. The zero-order valence-corrected chi connectivity index (χ0v) is 20.0. The number of nitrogens with one attached hydrogen (secondary N) is 1. The number of aromatic nitrogens is 2. The van der Waals surface area contributed by atoms with E-state index in [2.05, 4.69) is 25.3 Å². The van der Waals surface area contributed by atoms with Crippen LogP contribution < -0.4 is 5.32 Å². The van der Waals surface area contributed by atoms with E-state index in [1.807, 2.05) is 20.8 Å². The lowest BCUT2D eigenvalue weighted by molar-refractivity contribution is -0.0605. The molecule has 0 amide bonds. The molecule has 1 fully saturated rings. The number of nitrogens with zero attached hydrogens (tertiary/aromatic N) is 4. The number of aliphatic imine (C=N–C) groups is 1. The van der Waals surface area contributed by atoms with Gasteiger partial charge in [0, 0.05) is 20.2 Å². The fourth-order valence-corrected chi connectivity index (χ4v) is 3.30. The van der Waals surface area contributed by atoms with Gasteiger partial charge in [0.2, 0.25) is 5.89 Å². The second-order valence-electron chi connectivity index (χ2n) is 6.94. The Bertz CT molecular complexity index is 817. The largest absolute Gasteiger partial charge is 0.371 e. The van der Waals surface area contributed by atoms with Crippen LogP contribution in [0.3, 0.4) is 0 Å². The molecule has 8 nitrogen and oxygen atoms in total. The van der Waals surface area contributed by atoms with Crippen LogP contribution in [0, 0.1) is 5.82 Å². The van der Waals surface area contributed by atoms with Crippen LogP contribution in [-0.2, 0) is 16.0 Å². The molecule has 1 aromatic heterocycles. The van der Waals surface area contributed by atoms with Gasteiger partial charge in [-0.2, -0.15) is 4.98 Å². The summed E-state index contributed by atoms with van der Waals surface area (Å²) in [5.74, 6) is 1.44. The van der Waals surface area contributed by atoms with Gasteiger partial charge in [0.25, 0.3) is 0 Å². The normalized spacial score (nSPS) is 20.6. The molecule has 10 heteroatoms. The summed E-state index contributed by atoms with van der Waals surface area (Å²) in [7, 11) is 1.73. The highest BCUT2D eigenvalue weighted by Crippen LogP contribution is 2.25. The Kier molecular flexibility index (Phi) is 9.43. The number of rotatable bonds is 6. The van der Waals surface area contributed by atoms with Crippen LogP contribution in [0.15, 0.2) is 33.8 Å². The number of hydrogen-bond acceptors (Lipinski definition) is 6. The SMILES string of the molecule is CCOC(C)c1noc(CNC(=NC)N2CC(C)OC(c3ccc(F)cc3)C2)n1.I. The maximum absolute atomic E-state index is 13.2. The van der Waals surface area contributed by atoms with Crippen molar-refractivity contribution in [2.24, 2.45) is 4.99 Å². The molecule has 3 atom stereocenters. The number of guanidine groups is 1. The molecule has 3 unspecified atom stereocenters. The van der Waals surface area contributed by atoms with Crippen LogP contribution in [0.25, 0.3) is 0 Å². The molecule has 0 aliphatic carbocycles. The van der Waals surface area contributed by atoms with E-state index < -0.39 is 0 Å². The fourth-order valence-electron chi connectivity index (χ4n) is 3.30. The van der Waals surface area contributed by atoms with Crippen LogP contribution >= 0.6 is 24.0 Å². The number of hydrogen-bond donors (Lipinski definition) is 1. The van der Waals surface area contributed by atoms with Crippen molar-refractivity contribution in [3.63, 3.8) is 0 Å². The summed E-state index contributed by atoms with van der Waals surface area (Å²) in [5, 5.41) is 7.23. The van der Waals surface area contributed by atoms with Crippen molar-refractivity contribution < 1.29 is 18.4 Å². The minimum atomic E-state index is -0.260. The zero-order valence-electron chi connectivity index (χ0n) is 17.7. The molecule has 30 heavy (non-hydrogen) atoms. The third-order valence-corrected chi connectivity index (χ3v) is 4.68. The van der Waals surface area contributed by atoms with Crippen LogP contribution in [0.1, 0.15) is 50.3 Å². The van der Waals surface area contributed by atoms with E-state index in [1.165, 1.54) is 12.1 Å². The Balaban J connectivity index is 0.00000320. The van der Waals surface area contributed by atoms with Gasteiger partial charge < -0.3 is 24.2 Å². The van der Waals surface area contributed by atoms with Crippen molar-refractivity contribution in [3.05, 3.63) is 47.4 Å². The molecule has 1 saturated heterocycles. The van der Waals surface area contributed by atoms with E-state index in [-0.39, 0.29) is 48.1 Å². The first-order chi connectivity index (χ1) is 14.0.